The standard InChI is InChI=1S/C23H22N6O3/c1-11-12(2)25-23(27-21(11)31)29-18(10-17(28-29)14-8-9-14)26-22(32)20(30)19-13(3)24-16-7-5-4-6-15(16)19/h4-7,10,14,24H,8-9H2,1-3H3,(H,26,32)(H,25,27,31). The molecule has 0 spiro atoms. The number of amides is 1. The molecule has 0 atom stereocenters. The predicted molar refractivity (Wildman–Crippen MR) is 119 cm³/mol. The molecule has 3 heterocycles. The SMILES string of the molecule is Cc1nc(-n2nc(C3CC3)cc2NC(=O)C(=O)c2c(C)[nH]c3ccccc23)[nH]c(=O)c1C. The van der Waals surface area contributed by atoms with E-state index >= 15 is 0 Å². The highest BCUT2D eigenvalue weighted by molar-refractivity contribution is 6.48. The number of ketones is 1. The number of carbonyl (C=O) groups excluding carboxylic acids is 2. The lowest BCUT2D eigenvalue weighted by molar-refractivity contribution is -0.112. The second-order valence-electron chi connectivity index (χ2n) is 8.19. The zero-order valence-corrected chi connectivity index (χ0v) is 17.9. The van der Waals surface area contributed by atoms with E-state index in [0.29, 0.717) is 33.8 Å². The van der Waals surface area contributed by atoms with Gasteiger partial charge in [-0.25, -0.2) is 4.98 Å². The van der Waals surface area contributed by atoms with Gasteiger partial charge in [0.2, 0.25) is 5.95 Å². The Balaban J connectivity index is 1.52. The van der Waals surface area contributed by atoms with Crippen molar-refractivity contribution in [1.82, 2.24) is 24.7 Å². The van der Waals surface area contributed by atoms with Crippen molar-refractivity contribution in [2.45, 2.75) is 39.5 Å². The Labute approximate surface area is 182 Å². The van der Waals surface area contributed by atoms with Crippen molar-refractivity contribution in [3.63, 3.8) is 0 Å². The number of aromatic nitrogens is 5. The number of H-pyrrole nitrogens is 2. The Bertz CT molecular complexity index is 1450. The fourth-order valence-corrected chi connectivity index (χ4v) is 3.81. The average Bonchev–Trinajstić information content (AvgIpc) is 3.44. The molecule has 5 rings (SSSR count). The third-order valence-electron chi connectivity index (χ3n) is 5.88. The highest BCUT2D eigenvalue weighted by atomic mass is 16.2. The summed E-state index contributed by atoms with van der Waals surface area (Å²) in [5.74, 6) is -0.656. The first-order valence-corrected chi connectivity index (χ1v) is 10.4. The third-order valence-corrected chi connectivity index (χ3v) is 5.88. The molecule has 0 aliphatic heterocycles. The molecule has 4 aromatic rings. The highest BCUT2D eigenvalue weighted by Gasteiger charge is 2.30. The number of hydrogen-bond acceptors (Lipinski definition) is 5. The number of anilines is 1. The molecule has 3 N–H and O–H groups in total. The van der Waals surface area contributed by atoms with Crippen LogP contribution in [0.1, 0.15) is 51.8 Å². The summed E-state index contributed by atoms with van der Waals surface area (Å²) in [6, 6.07) is 9.08. The van der Waals surface area contributed by atoms with Crippen LogP contribution < -0.4 is 10.9 Å². The second kappa shape index (κ2) is 7.30. The Kier molecular flexibility index (Phi) is 4.54. The molecule has 3 aromatic heterocycles. The minimum absolute atomic E-state index is 0.191. The van der Waals surface area contributed by atoms with E-state index in [4.69, 9.17) is 0 Å². The van der Waals surface area contributed by atoms with Gasteiger partial charge in [-0.05, 0) is 39.7 Å². The molecule has 1 fully saturated rings. The van der Waals surface area contributed by atoms with Crippen LogP contribution in [0.3, 0.4) is 0 Å². The molecular weight excluding hydrogens is 408 g/mol. The van der Waals surface area contributed by atoms with Gasteiger partial charge in [-0.15, -0.1) is 0 Å². The molecule has 1 aliphatic carbocycles. The van der Waals surface area contributed by atoms with Crippen LogP contribution in [0.25, 0.3) is 16.9 Å². The van der Waals surface area contributed by atoms with Gasteiger partial charge in [0.05, 0.1) is 11.3 Å². The Morgan fingerprint density at radius 2 is 1.88 bits per heavy atom. The van der Waals surface area contributed by atoms with Crippen molar-refractivity contribution in [3.05, 3.63) is 68.9 Å². The molecule has 0 saturated heterocycles. The lowest BCUT2D eigenvalue weighted by Gasteiger charge is -2.09. The number of aryl methyl sites for hydroxylation is 2. The van der Waals surface area contributed by atoms with Gasteiger partial charge in [0, 0.05) is 39.8 Å². The Morgan fingerprint density at radius 1 is 1.12 bits per heavy atom. The lowest BCUT2D eigenvalue weighted by Crippen LogP contribution is -2.26. The molecule has 1 aliphatic rings. The van der Waals surface area contributed by atoms with E-state index in [2.05, 4.69) is 25.4 Å². The van der Waals surface area contributed by atoms with Crippen molar-refractivity contribution in [1.29, 1.82) is 0 Å². The highest BCUT2D eigenvalue weighted by Crippen LogP contribution is 2.40. The van der Waals surface area contributed by atoms with Crippen LogP contribution in [-0.2, 0) is 4.79 Å². The van der Waals surface area contributed by atoms with Gasteiger partial charge in [-0.2, -0.15) is 9.78 Å². The van der Waals surface area contributed by atoms with Crippen LogP contribution in [0.4, 0.5) is 5.82 Å². The fraction of sp³-hybridized carbons (Fsp3) is 0.261. The van der Waals surface area contributed by atoms with Crippen LogP contribution in [0.2, 0.25) is 0 Å². The first-order valence-electron chi connectivity index (χ1n) is 10.4. The molecule has 0 bridgehead atoms. The van der Waals surface area contributed by atoms with E-state index in [-0.39, 0.29) is 17.3 Å². The Hall–Kier alpha value is -4.01. The monoisotopic (exact) mass is 430 g/mol. The largest absolute Gasteiger partial charge is 0.358 e. The number of nitrogens with one attached hydrogen (secondary N) is 3. The number of para-hydroxylation sites is 1. The zero-order chi connectivity index (χ0) is 22.6. The predicted octanol–water partition coefficient (Wildman–Crippen LogP) is 3.06. The molecular formula is C23H22N6O3. The van der Waals surface area contributed by atoms with E-state index in [1.807, 2.05) is 18.2 Å². The summed E-state index contributed by atoms with van der Waals surface area (Å²) in [7, 11) is 0. The van der Waals surface area contributed by atoms with Crippen molar-refractivity contribution in [3.8, 4) is 5.95 Å². The summed E-state index contributed by atoms with van der Waals surface area (Å²) >= 11 is 0. The molecule has 9 heteroatoms. The summed E-state index contributed by atoms with van der Waals surface area (Å²) in [5, 5.41) is 7.92. The van der Waals surface area contributed by atoms with Crippen LogP contribution in [0.5, 0.6) is 0 Å². The topological polar surface area (TPSA) is 126 Å². The van der Waals surface area contributed by atoms with Gasteiger partial charge >= 0.3 is 0 Å². The maximum absolute atomic E-state index is 13.1. The molecule has 0 radical (unpaired) electrons. The van der Waals surface area contributed by atoms with E-state index in [1.54, 1.807) is 32.9 Å². The van der Waals surface area contributed by atoms with Crippen molar-refractivity contribution in [2.75, 3.05) is 5.32 Å². The van der Waals surface area contributed by atoms with Crippen LogP contribution in [0, 0.1) is 20.8 Å². The lowest BCUT2D eigenvalue weighted by atomic mass is 10.1. The van der Waals surface area contributed by atoms with Gasteiger partial charge in [0.25, 0.3) is 17.2 Å². The number of hydrogen-bond donors (Lipinski definition) is 3. The third kappa shape index (κ3) is 3.31. The van der Waals surface area contributed by atoms with Gasteiger partial charge in [-0.3, -0.25) is 19.4 Å². The number of rotatable bonds is 5. The number of carbonyl (C=O) groups is 2. The Morgan fingerprint density at radius 3 is 2.59 bits per heavy atom. The molecule has 1 aromatic carbocycles. The van der Waals surface area contributed by atoms with Gasteiger partial charge < -0.3 is 10.3 Å². The van der Waals surface area contributed by atoms with Gasteiger partial charge in [-0.1, -0.05) is 18.2 Å². The summed E-state index contributed by atoms with van der Waals surface area (Å²) in [4.78, 5) is 48.6. The maximum Gasteiger partial charge on any atom is 0.298 e. The summed E-state index contributed by atoms with van der Waals surface area (Å²) in [5.41, 5.74) is 3.34. The normalized spacial score (nSPS) is 13.5. The minimum Gasteiger partial charge on any atom is -0.358 e. The fourth-order valence-electron chi connectivity index (χ4n) is 3.81. The van der Waals surface area contributed by atoms with E-state index < -0.39 is 11.7 Å². The molecule has 9 nitrogen and oxygen atoms in total. The molecule has 1 saturated carbocycles. The van der Waals surface area contributed by atoms with Gasteiger partial charge in [0.1, 0.15) is 5.82 Å². The number of aromatic amines is 2. The number of fused-ring (bicyclic) bond motifs is 1. The second-order valence-corrected chi connectivity index (χ2v) is 8.19. The van der Waals surface area contributed by atoms with Crippen molar-refractivity contribution < 1.29 is 9.59 Å². The van der Waals surface area contributed by atoms with Crippen molar-refractivity contribution >= 4 is 28.4 Å². The number of nitrogens with zero attached hydrogens (tertiary/aromatic N) is 3. The molecule has 32 heavy (non-hydrogen) atoms. The average molecular weight is 430 g/mol. The summed E-state index contributed by atoms with van der Waals surface area (Å²) in [6.07, 6.45) is 2.02. The maximum atomic E-state index is 13.1. The molecule has 0 unspecified atom stereocenters. The van der Waals surface area contributed by atoms with Crippen LogP contribution in [-0.4, -0.2) is 36.4 Å². The van der Waals surface area contributed by atoms with E-state index in [9.17, 15) is 14.4 Å². The smallest absolute Gasteiger partial charge is 0.298 e. The quantitative estimate of drug-likeness (QED) is 0.331. The zero-order valence-electron chi connectivity index (χ0n) is 17.9. The minimum atomic E-state index is -0.785. The van der Waals surface area contributed by atoms with E-state index in [1.165, 1.54) is 4.68 Å². The van der Waals surface area contributed by atoms with Crippen molar-refractivity contribution in [2.24, 2.45) is 0 Å². The van der Waals surface area contributed by atoms with Crippen LogP contribution in [0.15, 0.2) is 35.1 Å². The summed E-state index contributed by atoms with van der Waals surface area (Å²) < 4.78 is 1.38. The summed E-state index contributed by atoms with van der Waals surface area (Å²) in [6.45, 7) is 5.19. The van der Waals surface area contributed by atoms with Crippen LogP contribution >= 0.6 is 0 Å². The first kappa shape index (κ1) is 19.9. The number of benzene rings is 1. The van der Waals surface area contributed by atoms with E-state index in [0.717, 1.165) is 24.1 Å². The number of Topliss-reactive ketones (excluding diaryl/α,β-unsaturated/α-hetero) is 1. The molecule has 162 valence electrons. The molecule has 1 amide bonds. The van der Waals surface area contributed by atoms with Gasteiger partial charge in [0.15, 0.2) is 0 Å². The first-order chi connectivity index (χ1) is 15.3.